The highest BCUT2D eigenvalue weighted by atomic mass is 35.5. The molecule has 1 aliphatic heterocycles. The van der Waals surface area contributed by atoms with Crippen molar-refractivity contribution in [3.8, 4) is 0 Å². The van der Waals surface area contributed by atoms with Gasteiger partial charge in [0.25, 0.3) is 5.91 Å². The first kappa shape index (κ1) is 19.7. The van der Waals surface area contributed by atoms with Crippen LogP contribution >= 0.6 is 23.2 Å². The molecule has 1 fully saturated rings. The lowest BCUT2D eigenvalue weighted by atomic mass is 9.96. The first-order valence-corrected chi connectivity index (χ1v) is 9.85. The first-order valence-electron chi connectivity index (χ1n) is 9.10. The van der Waals surface area contributed by atoms with E-state index in [2.05, 4.69) is 5.32 Å². The second-order valence-corrected chi connectivity index (χ2v) is 7.64. The zero-order valence-electron chi connectivity index (χ0n) is 15.0. The monoisotopic (exact) mass is 404 g/mol. The van der Waals surface area contributed by atoms with Crippen molar-refractivity contribution in [3.05, 3.63) is 69.7 Å². The molecule has 142 valence electrons. The number of benzene rings is 2. The fourth-order valence-electron chi connectivity index (χ4n) is 3.28. The maximum absolute atomic E-state index is 12.6. The van der Waals surface area contributed by atoms with Crippen LogP contribution in [-0.2, 0) is 11.2 Å². The SMILES string of the molecule is O=C(NCCc1ccc(Cl)cc1)C1CCCN(C(=O)c2ccc(Cl)cc2)C1. The molecule has 4 nitrogen and oxygen atoms in total. The Kier molecular flexibility index (Phi) is 6.75. The van der Waals surface area contributed by atoms with Crippen molar-refractivity contribution in [1.82, 2.24) is 10.2 Å². The van der Waals surface area contributed by atoms with Gasteiger partial charge in [-0.1, -0.05) is 35.3 Å². The molecule has 0 radical (unpaired) electrons. The summed E-state index contributed by atoms with van der Waals surface area (Å²) in [7, 11) is 0. The third-order valence-corrected chi connectivity index (χ3v) is 5.30. The van der Waals surface area contributed by atoms with Crippen molar-refractivity contribution in [2.75, 3.05) is 19.6 Å². The topological polar surface area (TPSA) is 49.4 Å². The molecule has 0 saturated carbocycles. The summed E-state index contributed by atoms with van der Waals surface area (Å²) in [6, 6.07) is 14.5. The van der Waals surface area contributed by atoms with E-state index in [1.165, 1.54) is 0 Å². The van der Waals surface area contributed by atoms with Gasteiger partial charge < -0.3 is 10.2 Å². The Hall–Kier alpha value is -2.04. The Morgan fingerprint density at radius 1 is 1.00 bits per heavy atom. The van der Waals surface area contributed by atoms with Crippen LogP contribution in [0.1, 0.15) is 28.8 Å². The van der Waals surface area contributed by atoms with Gasteiger partial charge in [0.15, 0.2) is 0 Å². The van der Waals surface area contributed by atoms with Gasteiger partial charge in [-0.3, -0.25) is 9.59 Å². The standard InChI is InChI=1S/C21H22Cl2N2O2/c22-18-7-3-15(4-8-18)11-12-24-20(26)17-2-1-13-25(14-17)21(27)16-5-9-19(23)10-6-16/h3-10,17H,1-2,11-14H2,(H,24,26). The average Bonchev–Trinajstić information content (AvgIpc) is 2.69. The van der Waals surface area contributed by atoms with E-state index in [0.29, 0.717) is 35.2 Å². The van der Waals surface area contributed by atoms with Gasteiger partial charge in [-0.2, -0.15) is 0 Å². The Bertz CT molecular complexity index is 791. The number of amides is 2. The second kappa shape index (κ2) is 9.25. The van der Waals surface area contributed by atoms with E-state index in [0.717, 1.165) is 24.8 Å². The van der Waals surface area contributed by atoms with E-state index >= 15 is 0 Å². The van der Waals surface area contributed by atoms with Crippen LogP contribution in [0.15, 0.2) is 48.5 Å². The molecule has 27 heavy (non-hydrogen) atoms. The molecule has 1 heterocycles. The van der Waals surface area contributed by atoms with Gasteiger partial charge in [0.05, 0.1) is 5.92 Å². The van der Waals surface area contributed by atoms with Gasteiger partial charge in [-0.05, 0) is 61.2 Å². The lowest BCUT2D eigenvalue weighted by molar-refractivity contribution is -0.126. The number of piperidine rings is 1. The molecule has 1 aliphatic rings. The molecule has 1 atom stereocenters. The van der Waals surface area contributed by atoms with Gasteiger partial charge in [0.2, 0.25) is 5.91 Å². The Morgan fingerprint density at radius 3 is 2.30 bits per heavy atom. The maximum atomic E-state index is 12.6. The number of rotatable bonds is 5. The highest BCUT2D eigenvalue weighted by molar-refractivity contribution is 6.30. The summed E-state index contributed by atoms with van der Waals surface area (Å²) in [5.41, 5.74) is 1.73. The molecule has 1 N–H and O–H groups in total. The van der Waals surface area contributed by atoms with Crippen LogP contribution in [0.3, 0.4) is 0 Å². The smallest absolute Gasteiger partial charge is 0.253 e. The minimum atomic E-state index is -0.166. The quantitative estimate of drug-likeness (QED) is 0.811. The van der Waals surface area contributed by atoms with Crippen LogP contribution in [0.25, 0.3) is 0 Å². The van der Waals surface area contributed by atoms with Gasteiger partial charge >= 0.3 is 0 Å². The summed E-state index contributed by atoms with van der Waals surface area (Å²) in [4.78, 5) is 26.9. The minimum Gasteiger partial charge on any atom is -0.355 e. The molecule has 0 aliphatic carbocycles. The van der Waals surface area contributed by atoms with E-state index in [9.17, 15) is 9.59 Å². The number of halogens is 2. The molecule has 0 spiro atoms. The van der Waals surface area contributed by atoms with Crippen LogP contribution in [0.2, 0.25) is 10.0 Å². The summed E-state index contributed by atoms with van der Waals surface area (Å²) < 4.78 is 0. The summed E-state index contributed by atoms with van der Waals surface area (Å²) in [6.45, 7) is 1.70. The zero-order chi connectivity index (χ0) is 19.2. The largest absolute Gasteiger partial charge is 0.355 e. The summed E-state index contributed by atoms with van der Waals surface area (Å²) in [6.07, 6.45) is 2.38. The van der Waals surface area contributed by atoms with Crippen LogP contribution in [0, 0.1) is 5.92 Å². The normalized spacial score (nSPS) is 16.8. The number of hydrogen-bond acceptors (Lipinski definition) is 2. The molecule has 6 heteroatoms. The lowest BCUT2D eigenvalue weighted by Crippen LogP contribution is -2.45. The Balaban J connectivity index is 1.50. The number of likely N-dealkylation sites (tertiary alicyclic amines) is 1. The Labute approximate surface area is 169 Å². The molecule has 1 unspecified atom stereocenters. The molecule has 1 saturated heterocycles. The van der Waals surface area contributed by atoms with Crippen molar-refractivity contribution in [1.29, 1.82) is 0 Å². The van der Waals surface area contributed by atoms with Gasteiger partial charge in [0.1, 0.15) is 0 Å². The van der Waals surface area contributed by atoms with E-state index in [-0.39, 0.29) is 17.7 Å². The highest BCUT2D eigenvalue weighted by Crippen LogP contribution is 2.20. The van der Waals surface area contributed by atoms with Crippen molar-refractivity contribution >= 4 is 35.0 Å². The van der Waals surface area contributed by atoms with Gasteiger partial charge in [0, 0.05) is 35.2 Å². The molecule has 0 bridgehead atoms. The van der Waals surface area contributed by atoms with Crippen molar-refractivity contribution in [2.24, 2.45) is 5.92 Å². The van der Waals surface area contributed by atoms with Crippen LogP contribution in [0.4, 0.5) is 0 Å². The van der Waals surface area contributed by atoms with Crippen LogP contribution < -0.4 is 5.32 Å². The fraction of sp³-hybridized carbons (Fsp3) is 0.333. The summed E-state index contributed by atoms with van der Waals surface area (Å²) in [5.74, 6) is -0.205. The molecule has 3 rings (SSSR count). The van der Waals surface area contributed by atoms with Crippen LogP contribution in [0.5, 0.6) is 0 Å². The zero-order valence-corrected chi connectivity index (χ0v) is 16.5. The third kappa shape index (κ3) is 5.47. The predicted octanol–water partition coefficient (Wildman–Crippen LogP) is 4.20. The van der Waals surface area contributed by atoms with Crippen LogP contribution in [-0.4, -0.2) is 36.3 Å². The van der Waals surface area contributed by atoms with Gasteiger partial charge in [-0.25, -0.2) is 0 Å². The van der Waals surface area contributed by atoms with E-state index in [1.54, 1.807) is 29.2 Å². The molecule has 2 amide bonds. The number of carbonyl (C=O) groups is 2. The summed E-state index contributed by atoms with van der Waals surface area (Å²) in [5, 5.41) is 4.30. The maximum Gasteiger partial charge on any atom is 0.253 e. The van der Waals surface area contributed by atoms with Crippen molar-refractivity contribution < 1.29 is 9.59 Å². The van der Waals surface area contributed by atoms with Gasteiger partial charge in [-0.15, -0.1) is 0 Å². The van der Waals surface area contributed by atoms with E-state index < -0.39 is 0 Å². The van der Waals surface area contributed by atoms with Crippen molar-refractivity contribution in [2.45, 2.75) is 19.3 Å². The molecule has 0 aromatic heterocycles. The molecule has 2 aromatic rings. The average molecular weight is 405 g/mol. The van der Waals surface area contributed by atoms with E-state index in [4.69, 9.17) is 23.2 Å². The molecular formula is C21H22Cl2N2O2. The Morgan fingerprint density at radius 2 is 1.63 bits per heavy atom. The third-order valence-electron chi connectivity index (χ3n) is 4.80. The van der Waals surface area contributed by atoms with E-state index in [1.807, 2.05) is 24.3 Å². The first-order chi connectivity index (χ1) is 13.0. The number of nitrogens with one attached hydrogen (secondary N) is 1. The molecular weight excluding hydrogens is 383 g/mol. The molecule has 2 aromatic carbocycles. The lowest BCUT2D eigenvalue weighted by Gasteiger charge is -2.32. The fourth-order valence-corrected chi connectivity index (χ4v) is 3.53. The highest BCUT2D eigenvalue weighted by Gasteiger charge is 2.28. The number of carbonyl (C=O) groups excluding carboxylic acids is 2. The predicted molar refractivity (Wildman–Crippen MR) is 108 cm³/mol. The number of hydrogen-bond donors (Lipinski definition) is 1. The van der Waals surface area contributed by atoms with Crippen molar-refractivity contribution in [3.63, 3.8) is 0 Å². The minimum absolute atomic E-state index is 0.0116. The second-order valence-electron chi connectivity index (χ2n) is 6.76. The summed E-state index contributed by atoms with van der Waals surface area (Å²) >= 11 is 11.8. The number of nitrogens with zero attached hydrogens (tertiary/aromatic N) is 1.